The van der Waals surface area contributed by atoms with Gasteiger partial charge in [-0.3, -0.25) is 4.98 Å². The fourth-order valence-electron chi connectivity index (χ4n) is 1.61. The van der Waals surface area contributed by atoms with Gasteiger partial charge in [-0.15, -0.1) is 0 Å². The fourth-order valence-corrected chi connectivity index (χ4v) is 1.61. The summed E-state index contributed by atoms with van der Waals surface area (Å²) in [5.41, 5.74) is 3.83. The third-order valence-electron chi connectivity index (χ3n) is 2.24. The lowest BCUT2D eigenvalue weighted by Gasteiger charge is -2.08. The van der Waals surface area contributed by atoms with Crippen molar-refractivity contribution >= 4 is 0 Å². The highest BCUT2D eigenvalue weighted by Gasteiger charge is 2.17. The maximum absolute atomic E-state index is 5.37. The molecule has 64 valence electrons. The molecule has 2 nitrogen and oxygen atoms in total. The Labute approximate surface area is 72.6 Å². The van der Waals surface area contributed by atoms with E-state index in [4.69, 9.17) is 4.74 Å². The molecule has 0 unspecified atom stereocenters. The lowest BCUT2D eigenvalue weighted by molar-refractivity contribution is 0.134. The van der Waals surface area contributed by atoms with E-state index in [1.807, 2.05) is 12.3 Å². The predicted octanol–water partition coefficient (Wildman–Crippen LogP) is 2.24. The van der Waals surface area contributed by atoms with Gasteiger partial charge in [-0.25, -0.2) is 0 Å². The molecule has 2 heteroatoms. The Hall–Kier alpha value is -0.890. The van der Waals surface area contributed by atoms with Gasteiger partial charge in [-0.2, -0.15) is 0 Å². The number of aromatic nitrogens is 1. The Balaban J connectivity index is 2.49. The molecule has 0 spiro atoms. The second-order valence-electron chi connectivity index (χ2n) is 3.48. The second kappa shape index (κ2) is 2.87. The molecule has 1 aromatic heterocycles. The average molecular weight is 163 g/mol. The third-order valence-corrected chi connectivity index (χ3v) is 2.24. The van der Waals surface area contributed by atoms with Gasteiger partial charge in [0.15, 0.2) is 0 Å². The standard InChI is InChI=1S/C10H13NO/c1-7(2)10-9-6-12-5-8(9)3-4-11-10/h3-4,7H,5-6H2,1-2H3. The van der Waals surface area contributed by atoms with Crippen molar-refractivity contribution in [3.63, 3.8) is 0 Å². The highest BCUT2D eigenvalue weighted by atomic mass is 16.5. The van der Waals surface area contributed by atoms with Crippen molar-refractivity contribution in [3.05, 3.63) is 29.1 Å². The zero-order valence-electron chi connectivity index (χ0n) is 7.50. The first-order valence-electron chi connectivity index (χ1n) is 4.33. The smallest absolute Gasteiger partial charge is 0.0742 e. The van der Waals surface area contributed by atoms with Crippen LogP contribution in [0.3, 0.4) is 0 Å². The number of fused-ring (bicyclic) bond motifs is 1. The molecule has 0 aromatic carbocycles. The molecule has 1 aliphatic rings. The average Bonchev–Trinajstić information content (AvgIpc) is 2.49. The first-order chi connectivity index (χ1) is 5.79. The summed E-state index contributed by atoms with van der Waals surface area (Å²) in [6.45, 7) is 5.84. The molecule has 0 fully saturated rings. The van der Waals surface area contributed by atoms with E-state index in [-0.39, 0.29) is 0 Å². The summed E-state index contributed by atoms with van der Waals surface area (Å²) >= 11 is 0. The monoisotopic (exact) mass is 163 g/mol. The molecule has 1 aromatic rings. The summed E-state index contributed by atoms with van der Waals surface area (Å²) in [5.74, 6) is 0.502. The van der Waals surface area contributed by atoms with Crippen LogP contribution in [0.15, 0.2) is 12.3 Å². The molecule has 12 heavy (non-hydrogen) atoms. The minimum absolute atomic E-state index is 0.502. The first kappa shape index (κ1) is 7.74. The Morgan fingerprint density at radius 2 is 2.25 bits per heavy atom. The van der Waals surface area contributed by atoms with Crippen LogP contribution in [0.2, 0.25) is 0 Å². The molecule has 0 radical (unpaired) electrons. The number of ether oxygens (including phenoxy) is 1. The number of rotatable bonds is 1. The number of hydrogen-bond acceptors (Lipinski definition) is 2. The molecule has 1 aliphatic heterocycles. The summed E-state index contributed by atoms with van der Waals surface area (Å²) in [5, 5.41) is 0. The van der Waals surface area contributed by atoms with Crippen LogP contribution in [0.5, 0.6) is 0 Å². The van der Waals surface area contributed by atoms with Crippen molar-refractivity contribution in [3.8, 4) is 0 Å². The SMILES string of the molecule is CC(C)c1nccc2c1COC2. The molecule has 0 bridgehead atoms. The number of nitrogens with zero attached hydrogens (tertiary/aromatic N) is 1. The van der Waals surface area contributed by atoms with E-state index in [2.05, 4.69) is 18.8 Å². The normalized spacial score (nSPS) is 15.2. The van der Waals surface area contributed by atoms with Crippen molar-refractivity contribution in [2.75, 3.05) is 0 Å². The Kier molecular flexibility index (Phi) is 1.85. The summed E-state index contributed by atoms with van der Waals surface area (Å²) in [4.78, 5) is 4.37. The van der Waals surface area contributed by atoms with Crippen molar-refractivity contribution in [2.45, 2.75) is 33.0 Å². The van der Waals surface area contributed by atoms with Crippen molar-refractivity contribution in [1.29, 1.82) is 0 Å². The van der Waals surface area contributed by atoms with Gasteiger partial charge < -0.3 is 4.74 Å². The third kappa shape index (κ3) is 1.12. The number of hydrogen-bond donors (Lipinski definition) is 0. The molecule has 0 saturated carbocycles. The molecule has 0 N–H and O–H groups in total. The molecular formula is C10H13NO. The summed E-state index contributed by atoms with van der Waals surface area (Å²) in [7, 11) is 0. The van der Waals surface area contributed by atoms with E-state index in [0.29, 0.717) is 5.92 Å². The topological polar surface area (TPSA) is 22.1 Å². The van der Waals surface area contributed by atoms with Crippen LogP contribution in [0.4, 0.5) is 0 Å². The second-order valence-corrected chi connectivity index (χ2v) is 3.48. The lowest BCUT2D eigenvalue weighted by Crippen LogP contribution is -1.98. The number of pyridine rings is 1. The van der Waals surface area contributed by atoms with E-state index in [0.717, 1.165) is 13.2 Å². The van der Waals surface area contributed by atoms with E-state index in [1.54, 1.807) is 0 Å². The molecule has 2 rings (SSSR count). The quantitative estimate of drug-likeness (QED) is 0.633. The van der Waals surface area contributed by atoms with Gasteiger partial charge in [0, 0.05) is 17.5 Å². The minimum Gasteiger partial charge on any atom is -0.372 e. The molecular weight excluding hydrogens is 150 g/mol. The van der Waals surface area contributed by atoms with Crippen LogP contribution in [0.25, 0.3) is 0 Å². The molecule has 2 heterocycles. The molecule has 0 amide bonds. The van der Waals surface area contributed by atoms with Gasteiger partial charge in [-0.1, -0.05) is 13.8 Å². The summed E-state index contributed by atoms with van der Waals surface area (Å²) in [6, 6.07) is 2.05. The largest absolute Gasteiger partial charge is 0.372 e. The van der Waals surface area contributed by atoms with Crippen LogP contribution >= 0.6 is 0 Å². The van der Waals surface area contributed by atoms with E-state index in [9.17, 15) is 0 Å². The van der Waals surface area contributed by atoms with E-state index >= 15 is 0 Å². The Morgan fingerprint density at radius 3 is 3.00 bits per heavy atom. The van der Waals surface area contributed by atoms with Gasteiger partial charge in [0.2, 0.25) is 0 Å². The van der Waals surface area contributed by atoms with Crippen LogP contribution < -0.4 is 0 Å². The fraction of sp³-hybridized carbons (Fsp3) is 0.500. The summed E-state index contributed by atoms with van der Waals surface area (Å²) in [6.07, 6.45) is 1.88. The van der Waals surface area contributed by atoms with E-state index < -0.39 is 0 Å². The van der Waals surface area contributed by atoms with Gasteiger partial charge >= 0.3 is 0 Å². The maximum atomic E-state index is 5.37. The van der Waals surface area contributed by atoms with Gasteiger partial charge in [0.05, 0.1) is 13.2 Å². The van der Waals surface area contributed by atoms with Crippen LogP contribution in [-0.4, -0.2) is 4.98 Å². The predicted molar refractivity (Wildman–Crippen MR) is 46.8 cm³/mol. The van der Waals surface area contributed by atoms with Crippen molar-refractivity contribution in [1.82, 2.24) is 4.98 Å². The van der Waals surface area contributed by atoms with Crippen molar-refractivity contribution in [2.24, 2.45) is 0 Å². The summed E-state index contributed by atoms with van der Waals surface area (Å²) < 4.78 is 5.37. The first-order valence-corrected chi connectivity index (χ1v) is 4.33. The molecule has 0 atom stereocenters. The van der Waals surface area contributed by atoms with Crippen LogP contribution in [-0.2, 0) is 18.0 Å². The maximum Gasteiger partial charge on any atom is 0.0742 e. The molecule has 0 saturated heterocycles. The zero-order chi connectivity index (χ0) is 8.55. The van der Waals surface area contributed by atoms with Crippen LogP contribution in [0.1, 0.15) is 36.6 Å². The van der Waals surface area contributed by atoms with Gasteiger partial charge in [0.1, 0.15) is 0 Å². The highest BCUT2D eigenvalue weighted by molar-refractivity contribution is 5.32. The lowest BCUT2D eigenvalue weighted by atomic mass is 10.0. The van der Waals surface area contributed by atoms with Gasteiger partial charge in [-0.05, 0) is 17.5 Å². The highest BCUT2D eigenvalue weighted by Crippen LogP contribution is 2.26. The Morgan fingerprint density at radius 1 is 1.42 bits per heavy atom. The zero-order valence-corrected chi connectivity index (χ0v) is 7.50. The van der Waals surface area contributed by atoms with Gasteiger partial charge in [0.25, 0.3) is 0 Å². The molecule has 0 aliphatic carbocycles. The Bertz CT molecular complexity index is 294. The van der Waals surface area contributed by atoms with E-state index in [1.165, 1.54) is 16.8 Å². The van der Waals surface area contributed by atoms with Crippen LogP contribution in [0, 0.1) is 0 Å². The van der Waals surface area contributed by atoms with Crippen molar-refractivity contribution < 1.29 is 4.74 Å². The minimum atomic E-state index is 0.502.